The van der Waals surface area contributed by atoms with Crippen molar-refractivity contribution in [3.8, 4) is 0 Å². The van der Waals surface area contributed by atoms with Crippen LogP contribution in [0.3, 0.4) is 0 Å². The van der Waals surface area contributed by atoms with Crippen LogP contribution in [0.25, 0.3) is 0 Å². The van der Waals surface area contributed by atoms with Gasteiger partial charge >= 0.3 is 0 Å². The highest BCUT2D eigenvalue weighted by molar-refractivity contribution is 5.30. The number of fused-ring (bicyclic) bond motifs is 1. The van der Waals surface area contributed by atoms with E-state index >= 15 is 0 Å². The monoisotopic (exact) mass is 206 g/mol. The zero-order valence-electron chi connectivity index (χ0n) is 9.45. The van der Waals surface area contributed by atoms with Crippen molar-refractivity contribution in [1.29, 1.82) is 0 Å². The highest BCUT2D eigenvalue weighted by Crippen LogP contribution is 2.17. The Morgan fingerprint density at radius 1 is 1.53 bits per heavy atom. The average molecular weight is 206 g/mol. The molecule has 0 aliphatic carbocycles. The Morgan fingerprint density at radius 2 is 2.40 bits per heavy atom. The summed E-state index contributed by atoms with van der Waals surface area (Å²) >= 11 is 0. The van der Waals surface area contributed by atoms with Crippen LogP contribution in [0.4, 0.5) is 5.95 Å². The molecule has 1 aliphatic rings. The molecule has 4 heteroatoms. The topological polar surface area (TPSA) is 41.1 Å². The van der Waals surface area contributed by atoms with Gasteiger partial charge in [-0.2, -0.15) is 0 Å². The molecule has 0 radical (unpaired) electrons. The van der Waals surface area contributed by atoms with Gasteiger partial charge in [0.1, 0.15) is 0 Å². The van der Waals surface area contributed by atoms with Gasteiger partial charge in [-0.05, 0) is 13.0 Å². The quantitative estimate of drug-likeness (QED) is 0.809. The molecule has 0 saturated carbocycles. The Hall–Kier alpha value is -1.16. The Labute approximate surface area is 90.7 Å². The van der Waals surface area contributed by atoms with Crippen LogP contribution in [0.15, 0.2) is 6.20 Å². The van der Waals surface area contributed by atoms with Crippen molar-refractivity contribution >= 4 is 5.95 Å². The fraction of sp³-hybridized carbons (Fsp3) is 0.636. The summed E-state index contributed by atoms with van der Waals surface area (Å²) in [6.07, 6.45) is 4.22. The lowest BCUT2D eigenvalue weighted by Crippen LogP contribution is -2.31. The fourth-order valence-corrected chi connectivity index (χ4v) is 2.00. The van der Waals surface area contributed by atoms with Crippen LogP contribution >= 0.6 is 0 Å². The lowest BCUT2D eigenvalue weighted by Gasteiger charge is -2.27. The van der Waals surface area contributed by atoms with Crippen molar-refractivity contribution in [2.75, 3.05) is 25.5 Å². The Kier molecular flexibility index (Phi) is 3.16. The van der Waals surface area contributed by atoms with Gasteiger partial charge in [-0.15, -0.1) is 0 Å². The van der Waals surface area contributed by atoms with Crippen LogP contribution in [-0.4, -0.2) is 35.0 Å². The second-order valence-corrected chi connectivity index (χ2v) is 3.94. The highest BCUT2D eigenvalue weighted by Gasteiger charge is 2.17. The molecule has 1 aliphatic heterocycles. The average Bonchev–Trinajstić information content (AvgIpc) is 2.29. The summed E-state index contributed by atoms with van der Waals surface area (Å²) in [4.78, 5) is 11.2. The lowest BCUT2D eigenvalue weighted by atomic mass is 10.1. The van der Waals surface area contributed by atoms with E-state index in [4.69, 9.17) is 0 Å². The molecule has 1 N–H and O–H groups in total. The smallest absolute Gasteiger partial charge is 0.222 e. The van der Waals surface area contributed by atoms with Crippen LogP contribution in [0, 0.1) is 0 Å². The van der Waals surface area contributed by atoms with Crippen molar-refractivity contribution in [2.45, 2.75) is 26.3 Å². The maximum absolute atomic E-state index is 4.48. The molecule has 1 aromatic heterocycles. The molecule has 82 valence electrons. The van der Waals surface area contributed by atoms with Gasteiger partial charge in [0.25, 0.3) is 0 Å². The lowest BCUT2D eigenvalue weighted by molar-refractivity contribution is 0.252. The van der Waals surface area contributed by atoms with Gasteiger partial charge in [-0.25, -0.2) is 9.97 Å². The molecule has 0 fully saturated rings. The van der Waals surface area contributed by atoms with E-state index in [2.05, 4.69) is 27.1 Å². The van der Waals surface area contributed by atoms with E-state index in [0.717, 1.165) is 25.5 Å². The number of hydrogen-bond acceptors (Lipinski definition) is 4. The molecule has 0 saturated heterocycles. The Morgan fingerprint density at radius 3 is 3.13 bits per heavy atom. The molecule has 2 heterocycles. The third-order valence-electron chi connectivity index (χ3n) is 2.78. The summed E-state index contributed by atoms with van der Waals surface area (Å²) in [7, 11) is 1.86. The van der Waals surface area contributed by atoms with Crippen molar-refractivity contribution < 1.29 is 0 Å². The first kappa shape index (κ1) is 10.4. The minimum absolute atomic E-state index is 0.734. The Balaban J connectivity index is 2.13. The molecule has 0 spiro atoms. The minimum atomic E-state index is 0.734. The number of aromatic nitrogens is 2. The second-order valence-electron chi connectivity index (χ2n) is 3.94. The summed E-state index contributed by atoms with van der Waals surface area (Å²) in [5.74, 6) is 0.734. The minimum Gasteiger partial charge on any atom is -0.357 e. The van der Waals surface area contributed by atoms with Crippen molar-refractivity contribution in [3.63, 3.8) is 0 Å². The molecule has 1 aromatic rings. The predicted octanol–water partition coefficient (Wildman–Crippen LogP) is 1.29. The van der Waals surface area contributed by atoms with Gasteiger partial charge in [-0.1, -0.05) is 6.92 Å². The largest absolute Gasteiger partial charge is 0.357 e. The maximum Gasteiger partial charge on any atom is 0.222 e. The first-order chi connectivity index (χ1) is 7.33. The van der Waals surface area contributed by atoms with Gasteiger partial charge < -0.3 is 5.32 Å². The molecule has 0 unspecified atom stereocenters. The van der Waals surface area contributed by atoms with Crippen LogP contribution in [0.2, 0.25) is 0 Å². The third-order valence-corrected chi connectivity index (χ3v) is 2.78. The van der Waals surface area contributed by atoms with E-state index in [1.54, 1.807) is 0 Å². The molecule has 0 aromatic carbocycles. The van der Waals surface area contributed by atoms with Crippen molar-refractivity contribution in [1.82, 2.24) is 14.9 Å². The second kappa shape index (κ2) is 4.57. The first-order valence-corrected chi connectivity index (χ1v) is 5.58. The number of nitrogens with one attached hydrogen (secondary N) is 1. The maximum atomic E-state index is 4.48. The number of nitrogens with zero attached hydrogens (tertiary/aromatic N) is 3. The molecule has 15 heavy (non-hydrogen) atoms. The molecule has 2 rings (SSSR count). The standard InChI is InChI=1S/C11H18N4/c1-3-5-15-6-4-10-9(8-15)7-13-11(12-2)14-10/h7H,3-6,8H2,1-2H3,(H,12,13,14). The Bertz CT molecular complexity index is 337. The number of rotatable bonds is 3. The summed E-state index contributed by atoms with van der Waals surface area (Å²) in [6.45, 7) is 5.53. The number of hydrogen-bond donors (Lipinski definition) is 1. The molecule has 0 atom stereocenters. The van der Waals surface area contributed by atoms with Gasteiger partial charge in [0, 0.05) is 38.3 Å². The van der Waals surface area contributed by atoms with E-state index < -0.39 is 0 Å². The van der Waals surface area contributed by atoms with Crippen LogP contribution in [0.1, 0.15) is 24.6 Å². The summed E-state index contributed by atoms with van der Waals surface area (Å²) in [5, 5.41) is 2.98. The van der Waals surface area contributed by atoms with E-state index in [-0.39, 0.29) is 0 Å². The predicted molar refractivity (Wildman–Crippen MR) is 60.9 cm³/mol. The molecule has 4 nitrogen and oxygen atoms in total. The van der Waals surface area contributed by atoms with E-state index in [0.29, 0.717) is 0 Å². The number of anilines is 1. The SMILES string of the molecule is CCCN1CCc2nc(NC)ncc2C1. The van der Waals surface area contributed by atoms with Crippen molar-refractivity contribution in [2.24, 2.45) is 0 Å². The van der Waals surface area contributed by atoms with Gasteiger partial charge in [0.05, 0.1) is 5.69 Å². The van der Waals surface area contributed by atoms with Gasteiger partial charge in [0.2, 0.25) is 5.95 Å². The third kappa shape index (κ3) is 2.26. The molecular formula is C11H18N4. The zero-order valence-corrected chi connectivity index (χ0v) is 9.45. The highest BCUT2D eigenvalue weighted by atomic mass is 15.1. The normalized spacial score (nSPS) is 16.1. The van der Waals surface area contributed by atoms with E-state index in [1.165, 1.54) is 24.2 Å². The van der Waals surface area contributed by atoms with Crippen molar-refractivity contribution in [3.05, 3.63) is 17.5 Å². The zero-order chi connectivity index (χ0) is 10.7. The first-order valence-electron chi connectivity index (χ1n) is 5.58. The summed E-state index contributed by atoms with van der Waals surface area (Å²) < 4.78 is 0. The summed E-state index contributed by atoms with van der Waals surface area (Å²) in [6, 6.07) is 0. The summed E-state index contributed by atoms with van der Waals surface area (Å²) in [5.41, 5.74) is 2.50. The van der Waals surface area contributed by atoms with E-state index in [1.807, 2.05) is 13.2 Å². The van der Waals surface area contributed by atoms with Gasteiger partial charge in [-0.3, -0.25) is 4.90 Å². The van der Waals surface area contributed by atoms with Crippen LogP contribution in [0.5, 0.6) is 0 Å². The fourth-order valence-electron chi connectivity index (χ4n) is 2.00. The molecule has 0 amide bonds. The van der Waals surface area contributed by atoms with Gasteiger partial charge in [0.15, 0.2) is 0 Å². The van der Waals surface area contributed by atoms with Crippen LogP contribution in [-0.2, 0) is 13.0 Å². The molecular weight excluding hydrogens is 188 g/mol. The van der Waals surface area contributed by atoms with E-state index in [9.17, 15) is 0 Å². The molecule has 0 bridgehead atoms. The van der Waals surface area contributed by atoms with Crippen LogP contribution < -0.4 is 5.32 Å².